The molecule has 0 aliphatic heterocycles. The maximum Gasteiger partial charge on any atom is 0.162 e. The predicted molar refractivity (Wildman–Crippen MR) is 76.6 cm³/mol. The number of carbonyl (C=O) groups is 1. The molecule has 0 amide bonds. The van der Waals surface area contributed by atoms with Crippen molar-refractivity contribution in [3.8, 4) is 0 Å². The zero-order valence-electron chi connectivity index (χ0n) is 11.4. The van der Waals surface area contributed by atoms with E-state index in [0.29, 0.717) is 6.42 Å². The highest BCUT2D eigenvalue weighted by Crippen LogP contribution is 2.25. The molecule has 0 aliphatic carbocycles. The van der Waals surface area contributed by atoms with Crippen molar-refractivity contribution < 1.29 is 4.79 Å². The number of rotatable bonds is 3. The molecule has 17 heavy (non-hydrogen) atoms. The van der Waals surface area contributed by atoms with Crippen LogP contribution in [-0.2, 0) is 0 Å². The molecule has 0 bridgehead atoms. The van der Waals surface area contributed by atoms with Crippen LogP contribution in [0.4, 0.5) is 0 Å². The molecular formula is C15H21BrO. The van der Waals surface area contributed by atoms with Gasteiger partial charge in [0, 0.05) is 16.5 Å². The number of hydrogen-bond donors (Lipinski definition) is 0. The number of ketones is 1. The van der Waals surface area contributed by atoms with E-state index in [-0.39, 0.29) is 11.2 Å². The third kappa shape index (κ3) is 4.27. The van der Waals surface area contributed by atoms with Gasteiger partial charge in [0.1, 0.15) is 0 Å². The molecule has 0 spiro atoms. The largest absolute Gasteiger partial charge is 0.294 e. The van der Waals surface area contributed by atoms with Crippen LogP contribution in [0, 0.1) is 19.3 Å². The topological polar surface area (TPSA) is 17.1 Å². The van der Waals surface area contributed by atoms with Crippen molar-refractivity contribution in [2.45, 2.75) is 47.5 Å². The maximum absolute atomic E-state index is 12.1. The van der Waals surface area contributed by atoms with E-state index >= 15 is 0 Å². The van der Waals surface area contributed by atoms with Crippen molar-refractivity contribution >= 4 is 21.7 Å². The third-order valence-electron chi connectivity index (χ3n) is 2.86. The van der Waals surface area contributed by atoms with Crippen LogP contribution in [0.5, 0.6) is 0 Å². The number of hydrogen-bond acceptors (Lipinski definition) is 1. The summed E-state index contributed by atoms with van der Waals surface area (Å²) >= 11 is 3.52. The van der Waals surface area contributed by atoms with Gasteiger partial charge in [-0.2, -0.15) is 0 Å². The average molecular weight is 297 g/mol. The highest BCUT2D eigenvalue weighted by molar-refractivity contribution is 9.10. The standard InChI is InChI=1S/C15H21BrO/c1-10-8-12(9-11(2)14(10)16)13(17)6-7-15(3,4)5/h8-9H,6-7H2,1-5H3. The Balaban J connectivity index is 2.84. The lowest BCUT2D eigenvalue weighted by atomic mass is 9.88. The molecule has 0 atom stereocenters. The normalized spacial score (nSPS) is 11.6. The van der Waals surface area contributed by atoms with Crippen LogP contribution in [0.15, 0.2) is 16.6 Å². The van der Waals surface area contributed by atoms with E-state index in [1.807, 2.05) is 26.0 Å². The minimum atomic E-state index is 0.217. The molecule has 2 heteroatoms. The Morgan fingerprint density at radius 1 is 1.18 bits per heavy atom. The first-order valence-electron chi connectivity index (χ1n) is 6.00. The Kier molecular flexibility index (Phi) is 4.54. The number of carbonyl (C=O) groups excluding carboxylic acids is 1. The summed E-state index contributed by atoms with van der Waals surface area (Å²) in [4.78, 5) is 12.1. The van der Waals surface area contributed by atoms with Gasteiger partial charge in [-0.1, -0.05) is 36.7 Å². The lowest BCUT2D eigenvalue weighted by Gasteiger charge is -2.17. The van der Waals surface area contributed by atoms with Crippen molar-refractivity contribution in [1.82, 2.24) is 0 Å². The smallest absolute Gasteiger partial charge is 0.162 e. The first-order chi connectivity index (χ1) is 7.70. The second kappa shape index (κ2) is 5.34. The van der Waals surface area contributed by atoms with Crippen molar-refractivity contribution in [2.75, 3.05) is 0 Å². The van der Waals surface area contributed by atoms with Gasteiger partial charge in [-0.25, -0.2) is 0 Å². The van der Waals surface area contributed by atoms with Gasteiger partial charge in [-0.15, -0.1) is 0 Å². The molecule has 0 unspecified atom stereocenters. The summed E-state index contributed by atoms with van der Waals surface area (Å²) in [6.45, 7) is 10.5. The lowest BCUT2D eigenvalue weighted by Crippen LogP contribution is -2.09. The number of Topliss-reactive ketones (excluding diaryl/α,β-unsaturated/α-hetero) is 1. The summed E-state index contributed by atoms with van der Waals surface area (Å²) < 4.78 is 1.10. The molecule has 1 aromatic carbocycles. The van der Waals surface area contributed by atoms with Gasteiger partial charge in [0.2, 0.25) is 0 Å². The first-order valence-corrected chi connectivity index (χ1v) is 6.80. The fraction of sp³-hybridized carbons (Fsp3) is 0.533. The summed E-state index contributed by atoms with van der Waals surface area (Å²) in [5.41, 5.74) is 3.32. The Hall–Kier alpha value is -0.630. The predicted octanol–water partition coefficient (Wildman–Crippen LogP) is 5.07. The molecule has 0 fully saturated rings. The van der Waals surface area contributed by atoms with E-state index in [1.165, 1.54) is 0 Å². The molecule has 0 radical (unpaired) electrons. The van der Waals surface area contributed by atoms with Gasteiger partial charge < -0.3 is 0 Å². The minimum Gasteiger partial charge on any atom is -0.294 e. The van der Waals surface area contributed by atoms with E-state index in [2.05, 4.69) is 36.7 Å². The van der Waals surface area contributed by atoms with Crippen LogP contribution in [-0.4, -0.2) is 5.78 Å². The van der Waals surface area contributed by atoms with Crippen LogP contribution < -0.4 is 0 Å². The molecule has 1 aromatic rings. The van der Waals surface area contributed by atoms with Gasteiger partial charge >= 0.3 is 0 Å². The van der Waals surface area contributed by atoms with Gasteiger partial charge in [0.05, 0.1) is 0 Å². The second-order valence-electron chi connectivity index (χ2n) is 5.91. The monoisotopic (exact) mass is 296 g/mol. The molecule has 1 rings (SSSR count). The molecule has 0 heterocycles. The molecule has 0 saturated heterocycles. The third-order valence-corrected chi connectivity index (χ3v) is 4.11. The molecule has 0 N–H and O–H groups in total. The summed E-state index contributed by atoms with van der Waals surface area (Å²) in [6.07, 6.45) is 1.56. The second-order valence-corrected chi connectivity index (χ2v) is 6.70. The van der Waals surface area contributed by atoms with Crippen molar-refractivity contribution in [1.29, 1.82) is 0 Å². The van der Waals surface area contributed by atoms with E-state index < -0.39 is 0 Å². The molecule has 1 nitrogen and oxygen atoms in total. The SMILES string of the molecule is Cc1cc(C(=O)CCC(C)(C)C)cc(C)c1Br. The van der Waals surface area contributed by atoms with Crippen LogP contribution >= 0.6 is 15.9 Å². The quantitative estimate of drug-likeness (QED) is 0.711. The van der Waals surface area contributed by atoms with Gasteiger partial charge in [0.15, 0.2) is 5.78 Å². The van der Waals surface area contributed by atoms with Gasteiger partial charge in [-0.3, -0.25) is 4.79 Å². The highest BCUT2D eigenvalue weighted by Gasteiger charge is 2.15. The van der Waals surface area contributed by atoms with Crippen LogP contribution in [0.25, 0.3) is 0 Å². The van der Waals surface area contributed by atoms with E-state index in [0.717, 1.165) is 27.6 Å². The molecule has 0 saturated carbocycles. The summed E-state index contributed by atoms with van der Waals surface area (Å²) in [7, 11) is 0. The molecule has 94 valence electrons. The fourth-order valence-electron chi connectivity index (χ4n) is 1.74. The van der Waals surface area contributed by atoms with E-state index in [9.17, 15) is 4.79 Å². The van der Waals surface area contributed by atoms with Crippen LogP contribution in [0.1, 0.15) is 55.1 Å². The number of benzene rings is 1. The molecule has 0 aliphatic rings. The summed E-state index contributed by atoms with van der Waals surface area (Å²) in [5.74, 6) is 0.249. The highest BCUT2D eigenvalue weighted by atomic mass is 79.9. The van der Waals surface area contributed by atoms with Gasteiger partial charge in [-0.05, 0) is 48.9 Å². The molecule has 0 aromatic heterocycles. The van der Waals surface area contributed by atoms with Crippen LogP contribution in [0.2, 0.25) is 0 Å². The van der Waals surface area contributed by atoms with Crippen LogP contribution in [0.3, 0.4) is 0 Å². The lowest BCUT2D eigenvalue weighted by molar-refractivity contribution is 0.0966. The van der Waals surface area contributed by atoms with Crippen molar-refractivity contribution in [3.05, 3.63) is 33.3 Å². The number of halogens is 1. The minimum absolute atomic E-state index is 0.217. The Bertz CT molecular complexity index is 404. The fourth-order valence-corrected chi connectivity index (χ4v) is 1.97. The van der Waals surface area contributed by atoms with Gasteiger partial charge in [0.25, 0.3) is 0 Å². The van der Waals surface area contributed by atoms with Crippen molar-refractivity contribution in [2.24, 2.45) is 5.41 Å². The Morgan fingerprint density at radius 3 is 2.06 bits per heavy atom. The number of aryl methyl sites for hydroxylation is 2. The summed E-state index contributed by atoms with van der Waals surface area (Å²) in [5, 5.41) is 0. The Morgan fingerprint density at radius 2 is 1.65 bits per heavy atom. The maximum atomic E-state index is 12.1. The zero-order valence-corrected chi connectivity index (χ0v) is 12.9. The average Bonchev–Trinajstić information content (AvgIpc) is 2.20. The van der Waals surface area contributed by atoms with E-state index in [1.54, 1.807) is 0 Å². The van der Waals surface area contributed by atoms with Crippen molar-refractivity contribution in [3.63, 3.8) is 0 Å². The zero-order chi connectivity index (χ0) is 13.2. The first kappa shape index (κ1) is 14.4. The Labute approximate surface area is 113 Å². The summed E-state index contributed by atoms with van der Waals surface area (Å²) in [6, 6.07) is 3.95. The molecular weight excluding hydrogens is 276 g/mol. The van der Waals surface area contributed by atoms with E-state index in [4.69, 9.17) is 0 Å².